The zero-order valence-corrected chi connectivity index (χ0v) is 12.8. The van der Waals surface area contributed by atoms with Gasteiger partial charge in [-0.05, 0) is 41.4 Å². The number of ether oxygens (including phenoxy) is 2. The molecule has 1 fully saturated rings. The second kappa shape index (κ2) is 5.40. The molecule has 2 heterocycles. The van der Waals surface area contributed by atoms with Gasteiger partial charge in [-0.3, -0.25) is 4.68 Å². The van der Waals surface area contributed by atoms with Gasteiger partial charge < -0.3 is 9.47 Å². The minimum atomic E-state index is -0.0494. The Balaban J connectivity index is 1.66. The smallest absolute Gasteiger partial charge is 0.163 e. The van der Waals surface area contributed by atoms with E-state index in [4.69, 9.17) is 21.1 Å². The molecule has 0 unspecified atom stereocenters. The molecule has 4 nitrogen and oxygen atoms in total. The predicted octanol–water partition coefficient (Wildman–Crippen LogP) is 3.95. The lowest BCUT2D eigenvalue weighted by Gasteiger charge is -2.33. The number of nitrogens with zero attached hydrogens (tertiary/aromatic N) is 2. The van der Waals surface area contributed by atoms with Crippen molar-refractivity contribution in [3.05, 3.63) is 27.8 Å². The van der Waals surface area contributed by atoms with Gasteiger partial charge >= 0.3 is 0 Å². The van der Waals surface area contributed by atoms with E-state index >= 15 is 0 Å². The van der Waals surface area contributed by atoms with Crippen molar-refractivity contribution < 1.29 is 9.47 Å². The summed E-state index contributed by atoms with van der Waals surface area (Å²) in [5.41, 5.74) is 1.05. The largest absolute Gasteiger partial charge is 0.324 e. The first kappa shape index (κ1) is 13.4. The fourth-order valence-corrected chi connectivity index (χ4v) is 2.75. The molecule has 102 valence electrons. The number of hydrogen-bond donors (Lipinski definition) is 0. The Bertz CT molecular complexity index is 596. The highest BCUT2D eigenvalue weighted by Crippen LogP contribution is 2.28. The fraction of sp³-hybridized carbons (Fsp3) is 0.462. The molecule has 19 heavy (non-hydrogen) atoms. The Hall–Kier alpha value is -0.620. The molecule has 0 spiro atoms. The molecule has 0 N–H and O–H groups in total. The van der Waals surface area contributed by atoms with Crippen LogP contribution in [0.4, 0.5) is 0 Å². The maximum Gasteiger partial charge on any atom is 0.163 e. The van der Waals surface area contributed by atoms with Gasteiger partial charge in [0.2, 0.25) is 0 Å². The van der Waals surface area contributed by atoms with Crippen LogP contribution in [0.5, 0.6) is 0 Å². The SMILES string of the molecule is CC1OC(CCCn2ncc3cc(Br)c(Cl)cc32)O1. The quantitative estimate of drug-likeness (QED) is 0.842. The van der Waals surface area contributed by atoms with Crippen molar-refractivity contribution in [2.45, 2.75) is 38.9 Å². The summed E-state index contributed by atoms with van der Waals surface area (Å²) in [6.07, 6.45) is 3.60. The zero-order valence-electron chi connectivity index (χ0n) is 10.5. The molecule has 0 saturated carbocycles. The van der Waals surface area contributed by atoms with E-state index in [0.717, 1.165) is 34.8 Å². The molecular formula is C13H14BrClN2O2. The van der Waals surface area contributed by atoms with Crippen LogP contribution < -0.4 is 0 Å². The van der Waals surface area contributed by atoms with E-state index in [0.29, 0.717) is 5.02 Å². The molecule has 0 radical (unpaired) electrons. The van der Waals surface area contributed by atoms with Gasteiger partial charge in [0.1, 0.15) is 0 Å². The number of aryl methyl sites for hydroxylation is 1. The highest BCUT2D eigenvalue weighted by Gasteiger charge is 2.25. The van der Waals surface area contributed by atoms with Gasteiger partial charge in [-0.15, -0.1) is 0 Å². The first-order chi connectivity index (χ1) is 9.13. The van der Waals surface area contributed by atoms with E-state index in [1.54, 1.807) is 0 Å². The monoisotopic (exact) mass is 344 g/mol. The lowest BCUT2D eigenvalue weighted by atomic mass is 10.2. The van der Waals surface area contributed by atoms with Crippen LogP contribution >= 0.6 is 27.5 Å². The summed E-state index contributed by atoms with van der Waals surface area (Å²) in [5, 5.41) is 6.18. The average molecular weight is 346 g/mol. The normalized spacial score (nSPS) is 22.7. The lowest BCUT2D eigenvalue weighted by molar-refractivity contribution is -0.377. The van der Waals surface area contributed by atoms with Crippen LogP contribution in [0.1, 0.15) is 19.8 Å². The highest BCUT2D eigenvalue weighted by atomic mass is 79.9. The molecule has 1 aliphatic heterocycles. The summed E-state index contributed by atoms with van der Waals surface area (Å²) in [7, 11) is 0. The molecule has 3 rings (SSSR count). The van der Waals surface area contributed by atoms with E-state index in [2.05, 4.69) is 21.0 Å². The number of rotatable bonds is 4. The van der Waals surface area contributed by atoms with Crippen LogP contribution in [0.25, 0.3) is 10.9 Å². The summed E-state index contributed by atoms with van der Waals surface area (Å²) in [5.74, 6) is 0. The molecule has 2 aromatic rings. The standard InChI is InChI=1S/C13H14BrClN2O2/c1-8-18-13(19-8)3-2-4-17-12-6-11(15)10(14)5-9(12)7-16-17/h5-8,13H,2-4H2,1H3. The third kappa shape index (κ3) is 2.79. The van der Waals surface area contributed by atoms with Crippen LogP contribution in [0.2, 0.25) is 5.02 Å². The van der Waals surface area contributed by atoms with Gasteiger partial charge in [-0.2, -0.15) is 5.10 Å². The second-order valence-electron chi connectivity index (χ2n) is 4.60. The van der Waals surface area contributed by atoms with Crippen molar-refractivity contribution in [1.29, 1.82) is 0 Å². The van der Waals surface area contributed by atoms with Crippen LogP contribution in [-0.2, 0) is 16.0 Å². The van der Waals surface area contributed by atoms with E-state index in [1.807, 2.05) is 29.9 Å². The van der Waals surface area contributed by atoms with Crippen LogP contribution in [0.15, 0.2) is 22.8 Å². The van der Waals surface area contributed by atoms with Crippen LogP contribution in [0, 0.1) is 0 Å². The minimum Gasteiger partial charge on any atom is -0.324 e. The highest BCUT2D eigenvalue weighted by molar-refractivity contribution is 9.10. The van der Waals surface area contributed by atoms with Gasteiger partial charge in [-0.1, -0.05) is 11.6 Å². The van der Waals surface area contributed by atoms with Gasteiger partial charge in [0.15, 0.2) is 12.6 Å². The summed E-state index contributed by atoms with van der Waals surface area (Å²) >= 11 is 9.54. The van der Waals surface area contributed by atoms with Gasteiger partial charge in [0.25, 0.3) is 0 Å². The topological polar surface area (TPSA) is 36.3 Å². The molecule has 0 amide bonds. The summed E-state index contributed by atoms with van der Waals surface area (Å²) in [4.78, 5) is 0. The number of fused-ring (bicyclic) bond motifs is 1. The molecule has 1 aromatic carbocycles. The molecule has 1 aliphatic rings. The second-order valence-corrected chi connectivity index (χ2v) is 5.87. The molecule has 6 heteroatoms. The van der Waals surface area contributed by atoms with Crippen molar-refractivity contribution in [3.63, 3.8) is 0 Å². The molecule has 0 bridgehead atoms. The number of benzene rings is 1. The Morgan fingerprint density at radius 2 is 2.21 bits per heavy atom. The van der Waals surface area contributed by atoms with Crippen molar-refractivity contribution in [2.75, 3.05) is 0 Å². The maximum atomic E-state index is 6.12. The van der Waals surface area contributed by atoms with Gasteiger partial charge in [-0.25, -0.2) is 0 Å². The minimum absolute atomic E-state index is 0.0467. The Morgan fingerprint density at radius 3 is 2.95 bits per heavy atom. The molecule has 1 aromatic heterocycles. The van der Waals surface area contributed by atoms with E-state index in [-0.39, 0.29) is 12.6 Å². The third-order valence-electron chi connectivity index (χ3n) is 3.18. The third-order valence-corrected chi connectivity index (χ3v) is 4.38. The first-order valence-corrected chi connectivity index (χ1v) is 7.42. The maximum absolute atomic E-state index is 6.12. The van der Waals surface area contributed by atoms with E-state index < -0.39 is 0 Å². The average Bonchev–Trinajstić information content (AvgIpc) is 2.70. The molecular weight excluding hydrogens is 332 g/mol. The predicted molar refractivity (Wildman–Crippen MR) is 77.1 cm³/mol. The summed E-state index contributed by atoms with van der Waals surface area (Å²) in [6, 6.07) is 3.92. The zero-order chi connectivity index (χ0) is 13.4. The van der Waals surface area contributed by atoms with Crippen molar-refractivity contribution in [1.82, 2.24) is 9.78 Å². The van der Waals surface area contributed by atoms with Crippen molar-refractivity contribution in [3.8, 4) is 0 Å². The number of hydrogen-bond acceptors (Lipinski definition) is 3. The van der Waals surface area contributed by atoms with Gasteiger partial charge in [0.05, 0.1) is 16.7 Å². The molecule has 1 saturated heterocycles. The summed E-state index contributed by atoms with van der Waals surface area (Å²) in [6.45, 7) is 2.73. The van der Waals surface area contributed by atoms with Crippen molar-refractivity contribution >= 4 is 38.4 Å². The number of halogens is 2. The van der Waals surface area contributed by atoms with E-state index in [9.17, 15) is 0 Å². The Labute approximate surface area is 124 Å². The number of aromatic nitrogens is 2. The Morgan fingerprint density at radius 1 is 1.42 bits per heavy atom. The van der Waals surface area contributed by atoms with Crippen LogP contribution in [-0.4, -0.2) is 22.4 Å². The van der Waals surface area contributed by atoms with Gasteiger partial charge in [0, 0.05) is 22.8 Å². The van der Waals surface area contributed by atoms with Crippen LogP contribution in [0.3, 0.4) is 0 Å². The first-order valence-electron chi connectivity index (χ1n) is 6.25. The summed E-state index contributed by atoms with van der Waals surface area (Å²) < 4.78 is 13.7. The molecule has 0 atom stereocenters. The van der Waals surface area contributed by atoms with Crippen molar-refractivity contribution in [2.24, 2.45) is 0 Å². The lowest BCUT2D eigenvalue weighted by Crippen LogP contribution is -2.38. The molecule has 0 aliphatic carbocycles. The Kier molecular flexibility index (Phi) is 3.80. The fourth-order valence-electron chi connectivity index (χ4n) is 2.23. The van der Waals surface area contributed by atoms with E-state index in [1.165, 1.54) is 0 Å².